The molecule has 1 N–H and O–H groups in total. The third-order valence-corrected chi connectivity index (χ3v) is 3.70. The second-order valence-corrected chi connectivity index (χ2v) is 5.65. The van der Waals surface area contributed by atoms with Crippen molar-refractivity contribution in [3.63, 3.8) is 0 Å². The fourth-order valence-corrected chi connectivity index (χ4v) is 2.84. The molecule has 0 saturated carbocycles. The van der Waals surface area contributed by atoms with Gasteiger partial charge in [-0.1, -0.05) is 6.07 Å². The molecule has 0 spiro atoms. The van der Waals surface area contributed by atoms with Gasteiger partial charge in [0.25, 0.3) is 0 Å². The van der Waals surface area contributed by atoms with Gasteiger partial charge in [0.1, 0.15) is 0 Å². The average Bonchev–Trinajstić information content (AvgIpc) is 2.47. The molecule has 1 aromatic carbocycles. The molecule has 3 nitrogen and oxygen atoms in total. The van der Waals surface area contributed by atoms with Gasteiger partial charge in [-0.05, 0) is 51.9 Å². The smallest absolute Gasteiger partial charge is 0.0992 e. The first-order chi connectivity index (χ1) is 8.54. The van der Waals surface area contributed by atoms with Crippen LogP contribution in [0.15, 0.2) is 24.3 Å². The predicted octanol–water partition coefficient (Wildman–Crippen LogP) is 2.53. The first-order valence-electron chi connectivity index (χ1n) is 6.55. The fraction of sp³-hybridized carbons (Fsp3) is 0.533. The fourth-order valence-electron chi connectivity index (χ4n) is 2.84. The quantitative estimate of drug-likeness (QED) is 0.823. The van der Waals surface area contributed by atoms with Gasteiger partial charge in [0.05, 0.1) is 11.6 Å². The van der Waals surface area contributed by atoms with Crippen molar-refractivity contribution >= 4 is 5.69 Å². The Hall–Kier alpha value is -1.53. The molecule has 1 aromatic rings. The van der Waals surface area contributed by atoms with Gasteiger partial charge in [0.2, 0.25) is 0 Å². The number of benzene rings is 1. The van der Waals surface area contributed by atoms with E-state index in [9.17, 15) is 0 Å². The molecule has 1 unspecified atom stereocenters. The Labute approximate surface area is 109 Å². The summed E-state index contributed by atoms with van der Waals surface area (Å²) in [7, 11) is 0. The number of nitriles is 1. The number of nitrogens with one attached hydrogen (secondary N) is 1. The Morgan fingerprint density at radius 2 is 2.22 bits per heavy atom. The van der Waals surface area contributed by atoms with E-state index >= 15 is 0 Å². The Morgan fingerprint density at radius 1 is 1.44 bits per heavy atom. The predicted molar refractivity (Wildman–Crippen MR) is 74.7 cm³/mol. The van der Waals surface area contributed by atoms with Gasteiger partial charge in [-0.25, -0.2) is 0 Å². The molecule has 1 heterocycles. The molecule has 1 fully saturated rings. The zero-order chi connectivity index (χ0) is 13.2. The molecular weight excluding hydrogens is 222 g/mol. The summed E-state index contributed by atoms with van der Waals surface area (Å²) >= 11 is 0. The number of anilines is 1. The van der Waals surface area contributed by atoms with E-state index in [1.54, 1.807) is 0 Å². The molecule has 0 aliphatic carbocycles. The lowest BCUT2D eigenvalue weighted by Gasteiger charge is -2.42. The van der Waals surface area contributed by atoms with E-state index in [2.05, 4.69) is 43.1 Å². The largest absolute Gasteiger partial charge is 0.362 e. The number of hydrogen-bond acceptors (Lipinski definition) is 3. The van der Waals surface area contributed by atoms with Crippen molar-refractivity contribution in [3.05, 3.63) is 29.8 Å². The van der Waals surface area contributed by atoms with Crippen LogP contribution in [0.3, 0.4) is 0 Å². The van der Waals surface area contributed by atoms with E-state index in [4.69, 9.17) is 5.26 Å². The van der Waals surface area contributed by atoms with E-state index < -0.39 is 0 Å². The van der Waals surface area contributed by atoms with Crippen molar-refractivity contribution in [2.45, 2.75) is 38.8 Å². The Bertz CT molecular complexity index is 459. The van der Waals surface area contributed by atoms with Gasteiger partial charge >= 0.3 is 0 Å². The molecule has 0 radical (unpaired) electrons. The summed E-state index contributed by atoms with van der Waals surface area (Å²) in [6, 6.07) is 10.6. The molecule has 1 atom stereocenters. The molecule has 96 valence electrons. The van der Waals surface area contributed by atoms with Crippen LogP contribution >= 0.6 is 0 Å². The van der Waals surface area contributed by atoms with Crippen LogP contribution in [0.4, 0.5) is 5.69 Å². The van der Waals surface area contributed by atoms with Crippen LogP contribution < -0.4 is 10.2 Å². The minimum atomic E-state index is 0.108. The highest BCUT2D eigenvalue weighted by Crippen LogP contribution is 2.30. The summed E-state index contributed by atoms with van der Waals surface area (Å²) in [6.45, 7) is 8.82. The van der Waals surface area contributed by atoms with Crippen molar-refractivity contribution < 1.29 is 0 Å². The third-order valence-electron chi connectivity index (χ3n) is 3.70. The number of nitrogens with zero attached hydrogens (tertiary/aromatic N) is 2. The Balaban J connectivity index is 2.41. The topological polar surface area (TPSA) is 39.1 Å². The molecule has 0 bridgehead atoms. The van der Waals surface area contributed by atoms with Gasteiger partial charge in [-0.3, -0.25) is 0 Å². The molecule has 1 aliphatic heterocycles. The summed E-state index contributed by atoms with van der Waals surface area (Å²) in [5.74, 6) is 0. The van der Waals surface area contributed by atoms with E-state index in [0.29, 0.717) is 6.04 Å². The van der Waals surface area contributed by atoms with E-state index in [1.807, 2.05) is 18.2 Å². The summed E-state index contributed by atoms with van der Waals surface area (Å²) in [4.78, 5) is 2.44. The number of hydrogen-bond donors (Lipinski definition) is 1. The van der Waals surface area contributed by atoms with Crippen LogP contribution in [0, 0.1) is 11.3 Å². The van der Waals surface area contributed by atoms with E-state index in [1.165, 1.54) is 0 Å². The maximum atomic E-state index is 9.03. The maximum absolute atomic E-state index is 9.03. The zero-order valence-corrected chi connectivity index (χ0v) is 11.4. The van der Waals surface area contributed by atoms with Gasteiger partial charge in [0, 0.05) is 23.8 Å². The standard InChI is InChI=1S/C15H21N3/c1-12-11-17-8-7-15(2,3)18(12)14-6-4-5-13(9-14)10-16/h4-6,9,12,17H,7-8,11H2,1-3H3. The maximum Gasteiger partial charge on any atom is 0.0992 e. The van der Waals surface area contributed by atoms with Crippen LogP contribution in [0.5, 0.6) is 0 Å². The molecule has 1 aliphatic rings. The second-order valence-electron chi connectivity index (χ2n) is 5.65. The minimum absolute atomic E-state index is 0.108. The Kier molecular flexibility index (Phi) is 3.58. The normalized spacial score (nSPS) is 23.2. The van der Waals surface area contributed by atoms with Crippen molar-refractivity contribution in [2.24, 2.45) is 0 Å². The van der Waals surface area contributed by atoms with Crippen LogP contribution in [-0.2, 0) is 0 Å². The van der Waals surface area contributed by atoms with Gasteiger partial charge < -0.3 is 10.2 Å². The highest BCUT2D eigenvalue weighted by atomic mass is 15.2. The highest BCUT2D eigenvalue weighted by Gasteiger charge is 2.32. The average molecular weight is 243 g/mol. The van der Waals surface area contributed by atoms with Crippen LogP contribution in [0.2, 0.25) is 0 Å². The van der Waals surface area contributed by atoms with Crippen LogP contribution in [0.25, 0.3) is 0 Å². The van der Waals surface area contributed by atoms with Crippen LogP contribution in [-0.4, -0.2) is 24.7 Å². The lowest BCUT2D eigenvalue weighted by atomic mass is 9.96. The zero-order valence-electron chi connectivity index (χ0n) is 11.4. The summed E-state index contributed by atoms with van der Waals surface area (Å²) in [5, 5.41) is 12.5. The Morgan fingerprint density at radius 3 is 2.94 bits per heavy atom. The lowest BCUT2D eigenvalue weighted by Crippen LogP contribution is -2.49. The molecular formula is C15H21N3. The van der Waals surface area contributed by atoms with Gasteiger partial charge in [0.15, 0.2) is 0 Å². The number of rotatable bonds is 1. The summed E-state index contributed by atoms with van der Waals surface area (Å²) in [5.41, 5.74) is 1.99. The summed E-state index contributed by atoms with van der Waals surface area (Å²) < 4.78 is 0. The molecule has 3 heteroatoms. The van der Waals surface area contributed by atoms with Gasteiger partial charge in [-0.15, -0.1) is 0 Å². The van der Waals surface area contributed by atoms with Crippen molar-refractivity contribution in [1.82, 2.24) is 5.32 Å². The monoisotopic (exact) mass is 243 g/mol. The first kappa shape index (κ1) is 12.9. The molecule has 0 aromatic heterocycles. The van der Waals surface area contributed by atoms with Gasteiger partial charge in [-0.2, -0.15) is 5.26 Å². The molecule has 18 heavy (non-hydrogen) atoms. The van der Waals surface area contributed by atoms with E-state index in [0.717, 1.165) is 30.8 Å². The van der Waals surface area contributed by atoms with Crippen molar-refractivity contribution in [2.75, 3.05) is 18.0 Å². The third kappa shape index (κ3) is 2.49. The SMILES string of the molecule is CC1CNCCC(C)(C)N1c1cccc(C#N)c1. The minimum Gasteiger partial charge on any atom is -0.362 e. The molecule has 0 amide bonds. The molecule has 1 saturated heterocycles. The lowest BCUT2D eigenvalue weighted by molar-refractivity contribution is 0.426. The highest BCUT2D eigenvalue weighted by molar-refractivity contribution is 5.54. The van der Waals surface area contributed by atoms with E-state index in [-0.39, 0.29) is 5.54 Å². The summed E-state index contributed by atoms with van der Waals surface area (Å²) in [6.07, 6.45) is 1.11. The van der Waals surface area contributed by atoms with Crippen molar-refractivity contribution in [1.29, 1.82) is 5.26 Å². The van der Waals surface area contributed by atoms with Crippen molar-refractivity contribution in [3.8, 4) is 6.07 Å². The van der Waals surface area contributed by atoms with Crippen LogP contribution in [0.1, 0.15) is 32.8 Å². The second kappa shape index (κ2) is 4.99. The molecule has 2 rings (SSSR count). The first-order valence-corrected chi connectivity index (χ1v) is 6.55.